The summed E-state index contributed by atoms with van der Waals surface area (Å²) in [4.78, 5) is 19.7. The molecule has 6 nitrogen and oxygen atoms in total. The van der Waals surface area contributed by atoms with Crippen LogP contribution in [0, 0.1) is 17.6 Å². The first-order valence-corrected chi connectivity index (χ1v) is 10.3. The van der Waals surface area contributed by atoms with Gasteiger partial charge in [-0.1, -0.05) is 13.0 Å². The quantitative estimate of drug-likeness (QED) is 0.526. The number of halogens is 5. The molecular formula is C23H21F5N2O4. The summed E-state index contributed by atoms with van der Waals surface area (Å²) in [5.41, 5.74) is -2.88. The molecule has 1 aliphatic heterocycles. The maximum Gasteiger partial charge on any atom is 0.417 e. The lowest BCUT2D eigenvalue weighted by atomic mass is 9.76. The predicted octanol–water partition coefficient (Wildman–Crippen LogP) is 5.03. The third-order valence-corrected chi connectivity index (χ3v) is 6.54. The Hall–Kier alpha value is -3.21. The molecule has 1 fully saturated rings. The van der Waals surface area contributed by atoms with Crippen LogP contribution in [0.1, 0.15) is 37.1 Å². The number of pyridine rings is 2. The fourth-order valence-corrected chi connectivity index (χ4v) is 4.49. The van der Waals surface area contributed by atoms with Crippen molar-refractivity contribution in [2.24, 2.45) is 5.92 Å². The van der Waals surface area contributed by atoms with Crippen LogP contribution >= 0.6 is 0 Å². The molecule has 1 aromatic carbocycles. The Morgan fingerprint density at radius 2 is 1.85 bits per heavy atom. The number of hydrogen-bond acceptors (Lipinski definition) is 5. The van der Waals surface area contributed by atoms with E-state index < -0.39 is 52.5 Å². The lowest BCUT2D eigenvalue weighted by Crippen LogP contribution is -2.46. The van der Waals surface area contributed by atoms with Crippen molar-refractivity contribution in [1.82, 2.24) is 9.97 Å². The molecule has 4 atom stereocenters. The van der Waals surface area contributed by atoms with Gasteiger partial charge in [0.15, 0.2) is 22.6 Å². The molecule has 0 unspecified atom stereocenters. The Bertz CT molecular complexity index is 1310. The minimum atomic E-state index is -4.80. The van der Waals surface area contributed by atoms with E-state index >= 15 is 0 Å². The van der Waals surface area contributed by atoms with E-state index in [1.807, 2.05) is 0 Å². The van der Waals surface area contributed by atoms with Crippen LogP contribution in [0.5, 0.6) is 11.6 Å². The van der Waals surface area contributed by atoms with Crippen molar-refractivity contribution < 1.29 is 36.2 Å². The number of hydrogen-bond donors (Lipinski definition) is 1. The van der Waals surface area contributed by atoms with Crippen molar-refractivity contribution in [3.05, 3.63) is 63.6 Å². The molecule has 11 heteroatoms. The lowest BCUT2D eigenvalue weighted by molar-refractivity contribution is -0.275. The zero-order valence-electron chi connectivity index (χ0n) is 18.6. The fourth-order valence-electron chi connectivity index (χ4n) is 4.49. The number of nitrogens with one attached hydrogen (secondary N) is 1. The third-order valence-electron chi connectivity index (χ3n) is 6.54. The summed E-state index contributed by atoms with van der Waals surface area (Å²) in [6.45, 7) is 2.20. The fraction of sp³-hybridized carbons (Fsp3) is 0.391. The van der Waals surface area contributed by atoms with Gasteiger partial charge in [-0.2, -0.15) is 17.6 Å². The van der Waals surface area contributed by atoms with Gasteiger partial charge < -0.3 is 19.2 Å². The molecule has 4 rings (SSSR count). The number of aromatic nitrogens is 2. The number of ether oxygens (including phenoxy) is 3. The van der Waals surface area contributed by atoms with Crippen molar-refractivity contribution in [1.29, 1.82) is 0 Å². The minimum absolute atomic E-state index is 0.0138. The van der Waals surface area contributed by atoms with Crippen LogP contribution < -0.4 is 14.9 Å². The zero-order valence-corrected chi connectivity index (χ0v) is 18.6. The highest BCUT2D eigenvalue weighted by molar-refractivity contribution is 5.78. The summed E-state index contributed by atoms with van der Waals surface area (Å²) in [7, 11) is 2.47. The van der Waals surface area contributed by atoms with Crippen LogP contribution in [-0.2, 0) is 4.74 Å². The normalized spacial score (nSPS) is 25.0. The summed E-state index contributed by atoms with van der Waals surface area (Å²) in [5.74, 6) is -5.28. The van der Waals surface area contributed by atoms with Gasteiger partial charge in [0.25, 0.3) is 0 Å². The van der Waals surface area contributed by atoms with E-state index in [9.17, 15) is 26.7 Å². The monoisotopic (exact) mass is 484 g/mol. The minimum Gasteiger partial charge on any atom is -0.493 e. The molecule has 0 bridgehead atoms. The maximum absolute atomic E-state index is 14.5. The van der Waals surface area contributed by atoms with Gasteiger partial charge in [-0.15, -0.1) is 0 Å². The van der Waals surface area contributed by atoms with Gasteiger partial charge in [-0.3, -0.25) is 4.79 Å². The van der Waals surface area contributed by atoms with E-state index in [1.165, 1.54) is 32.4 Å². The number of nitrogens with zero attached hydrogens (tertiary/aromatic N) is 1. The van der Waals surface area contributed by atoms with E-state index in [0.29, 0.717) is 0 Å². The Labute approximate surface area is 190 Å². The molecule has 0 radical (unpaired) electrons. The SMILES string of the molecule is COc1cc2[nH]c([C@@H]3O[C@@](C)(C(F)(F)F)[C@@H](C)[C@H]3c3ccc(F)c(F)c3OC)cc(=O)c2cn1. The number of aromatic amines is 1. The van der Waals surface area contributed by atoms with Crippen LogP contribution in [-0.4, -0.2) is 36.0 Å². The van der Waals surface area contributed by atoms with Gasteiger partial charge >= 0.3 is 6.18 Å². The molecule has 3 aromatic rings. The average molecular weight is 484 g/mol. The molecule has 1 N–H and O–H groups in total. The highest BCUT2D eigenvalue weighted by atomic mass is 19.4. The van der Waals surface area contributed by atoms with Gasteiger partial charge in [0, 0.05) is 41.4 Å². The first kappa shape index (κ1) is 23.9. The molecule has 34 heavy (non-hydrogen) atoms. The molecule has 2 aromatic heterocycles. The molecule has 0 aliphatic carbocycles. The van der Waals surface area contributed by atoms with Gasteiger partial charge in [0.1, 0.15) is 6.10 Å². The number of fused-ring (bicyclic) bond motifs is 1. The second-order valence-electron chi connectivity index (χ2n) is 8.30. The van der Waals surface area contributed by atoms with E-state index in [1.54, 1.807) is 0 Å². The Kier molecular flexibility index (Phi) is 5.79. The average Bonchev–Trinajstić information content (AvgIpc) is 3.07. The van der Waals surface area contributed by atoms with Gasteiger partial charge in [0.05, 0.1) is 25.1 Å². The topological polar surface area (TPSA) is 73.4 Å². The molecule has 1 saturated heterocycles. The van der Waals surface area contributed by atoms with Gasteiger partial charge in [0.2, 0.25) is 11.7 Å². The van der Waals surface area contributed by atoms with Crippen LogP contribution in [0.4, 0.5) is 22.0 Å². The zero-order chi connectivity index (χ0) is 25.0. The molecule has 3 heterocycles. The number of rotatable bonds is 4. The van der Waals surface area contributed by atoms with Crippen LogP contribution in [0.2, 0.25) is 0 Å². The summed E-state index contributed by atoms with van der Waals surface area (Å²) >= 11 is 0. The molecule has 0 saturated carbocycles. The molecule has 1 aliphatic rings. The standard InChI is InChI=1S/C23H21F5N2O4/c1-10-18(11-5-6-13(24)19(25)20(11)33-4)21(34-22(10,2)23(26,27)28)15-7-16(31)12-9-29-17(32-3)8-14(12)30-15/h5-10,18,21H,1-4H3,(H,30,31)/t10-,18-,21-,22+/m0/s1. The Morgan fingerprint density at radius 1 is 1.15 bits per heavy atom. The van der Waals surface area contributed by atoms with E-state index in [4.69, 9.17) is 14.2 Å². The van der Waals surface area contributed by atoms with Crippen molar-refractivity contribution in [3.63, 3.8) is 0 Å². The largest absolute Gasteiger partial charge is 0.493 e. The lowest BCUT2D eigenvalue weighted by Gasteiger charge is -2.32. The predicted molar refractivity (Wildman–Crippen MR) is 112 cm³/mol. The van der Waals surface area contributed by atoms with Gasteiger partial charge in [-0.05, 0) is 13.0 Å². The van der Waals surface area contributed by atoms with Gasteiger partial charge in [-0.25, -0.2) is 9.37 Å². The maximum atomic E-state index is 14.5. The summed E-state index contributed by atoms with van der Waals surface area (Å²) in [6.07, 6.45) is -4.88. The van der Waals surface area contributed by atoms with E-state index in [-0.39, 0.29) is 28.0 Å². The number of methoxy groups -OCH3 is 2. The van der Waals surface area contributed by atoms with Crippen LogP contribution in [0.25, 0.3) is 10.9 Å². The van der Waals surface area contributed by atoms with Crippen molar-refractivity contribution in [2.45, 2.75) is 37.6 Å². The molecular weight excluding hydrogens is 463 g/mol. The van der Waals surface area contributed by atoms with Crippen molar-refractivity contribution in [3.8, 4) is 11.6 Å². The second-order valence-corrected chi connectivity index (χ2v) is 8.30. The first-order valence-electron chi connectivity index (χ1n) is 10.3. The molecule has 182 valence electrons. The van der Waals surface area contributed by atoms with Crippen molar-refractivity contribution in [2.75, 3.05) is 14.2 Å². The third kappa shape index (κ3) is 3.58. The van der Waals surface area contributed by atoms with Crippen LogP contribution in [0.15, 0.2) is 35.3 Å². The van der Waals surface area contributed by atoms with Crippen LogP contribution in [0.3, 0.4) is 0 Å². The summed E-state index contributed by atoms with van der Waals surface area (Å²) in [6, 6.07) is 4.53. The van der Waals surface area contributed by atoms with E-state index in [0.717, 1.165) is 26.2 Å². The molecule has 0 amide bonds. The summed E-state index contributed by atoms with van der Waals surface area (Å²) < 4.78 is 86.5. The Morgan fingerprint density at radius 3 is 2.47 bits per heavy atom. The number of H-pyrrole nitrogens is 1. The highest BCUT2D eigenvalue weighted by Crippen LogP contribution is 2.59. The first-order chi connectivity index (χ1) is 15.9. The van der Waals surface area contributed by atoms with E-state index in [2.05, 4.69) is 9.97 Å². The smallest absolute Gasteiger partial charge is 0.417 e. The Balaban J connectivity index is 1.96. The summed E-state index contributed by atoms with van der Waals surface area (Å²) in [5, 5.41) is 0.191. The number of alkyl halides is 3. The number of benzene rings is 1. The second kappa shape index (κ2) is 8.23. The highest BCUT2D eigenvalue weighted by Gasteiger charge is 2.65. The van der Waals surface area contributed by atoms with Crippen molar-refractivity contribution >= 4 is 10.9 Å². The molecule has 0 spiro atoms.